The van der Waals surface area contributed by atoms with E-state index in [1.54, 1.807) is 0 Å². The summed E-state index contributed by atoms with van der Waals surface area (Å²) in [6.45, 7) is 15.8. The van der Waals surface area contributed by atoms with Gasteiger partial charge >= 0.3 is 0 Å². The van der Waals surface area contributed by atoms with E-state index in [1.165, 1.54) is 0 Å². The Morgan fingerprint density at radius 2 is 1.52 bits per heavy atom. The second kappa shape index (κ2) is 10.2. The highest BCUT2D eigenvalue weighted by Crippen LogP contribution is 2.35. The predicted molar refractivity (Wildman–Crippen MR) is 87.4 cm³/mol. The molecule has 1 N–H and O–H groups in total. The van der Waals surface area contributed by atoms with Gasteiger partial charge in [0.05, 0.1) is 19.8 Å². The molecule has 0 atom stereocenters. The van der Waals surface area contributed by atoms with Gasteiger partial charge in [0, 0.05) is 18.6 Å². The van der Waals surface area contributed by atoms with Crippen molar-refractivity contribution in [2.45, 2.75) is 60.8 Å². The van der Waals surface area contributed by atoms with Crippen LogP contribution in [0, 0.1) is 10.8 Å². The average molecular weight is 301 g/mol. The van der Waals surface area contributed by atoms with Gasteiger partial charge < -0.3 is 14.8 Å². The quantitative estimate of drug-likeness (QED) is 0.562. The molecule has 0 saturated heterocycles. The first-order valence-electron chi connectivity index (χ1n) is 8.19. The van der Waals surface area contributed by atoms with Gasteiger partial charge in [-0.3, -0.25) is 4.79 Å². The molecule has 0 spiro atoms. The second-order valence-corrected chi connectivity index (χ2v) is 7.06. The number of hydrogen-bond acceptors (Lipinski definition) is 3. The molecule has 0 aromatic carbocycles. The van der Waals surface area contributed by atoms with E-state index in [2.05, 4.69) is 33.0 Å². The van der Waals surface area contributed by atoms with E-state index in [1.807, 2.05) is 13.8 Å². The van der Waals surface area contributed by atoms with E-state index in [9.17, 15) is 4.79 Å². The van der Waals surface area contributed by atoms with Crippen molar-refractivity contribution in [3.05, 3.63) is 0 Å². The lowest BCUT2D eigenvalue weighted by molar-refractivity contribution is -0.131. The number of amides is 1. The molecule has 1 amide bonds. The molecule has 126 valence electrons. The van der Waals surface area contributed by atoms with E-state index in [-0.39, 0.29) is 16.7 Å². The molecular weight excluding hydrogens is 266 g/mol. The summed E-state index contributed by atoms with van der Waals surface area (Å²) in [5.41, 5.74) is -0.155. The minimum absolute atomic E-state index is 0.106. The number of carbonyl (C=O) groups is 1. The fourth-order valence-corrected chi connectivity index (χ4v) is 2.34. The molecule has 0 aromatic rings. The number of hydrogen-bond donors (Lipinski definition) is 1. The lowest BCUT2D eigenvalue weighted by atomic mass is 9.73. The van der Waals surface area contributed by atoms with Gasteiger partial charge in [0.1, 0.15) is 0 Å². The molecule has 4 nitrogen and oxygen atoms in total. The van der Waals surface area contributed by atoms with Crippen LogP contribution in [0.3, 0.4) is 0 Å². The Balaban J connectivity index is 3.82. The lowest BCUT2D eigenvalue weighted by Gasteiger charge is -2.33. The van der Waals surface area contributed by atoms with Gasteiger partial charge in [0.15, 0.2) is 0 Å². The maximum atomic E-state index is 12.2. The number of carbonyl (C=O) groups excluding carboxylic acids is 1. The van der Waals surface area contributed by atoms with Crippen molar-refractivity contribution in [1.82, 2.24) is 5.32 Å². The minimum Gasteiger partial charge on any atom is -0.379 e. The summed E-state index contributed by atoms with van der Waals surface area (Å²) >= 11 is 0. The molecule has 0 unspecified atom stereocenters. The summed E-state index contributed by atoms with van der Waals surface area (Å²) in [5, 5.41) is 2.97. The monoisotopic (exact) mass is 301 g/mol. The van der Waals surface area contributed by atoms with Crippen LogP contribution in [0.1, 0.15) is 60.8 Å². The Morgan fingerprint density at radius 1 is 0.952 bits per heavy atom. The Labute approximate surface area is 131 Å². The van der Waals surface area contributed by atoms with Crippen LogP contribution in [0.25, 0.3) is 0 Å². The van der Waals surface area contributed by atoms with Crippen LogP contribution in [0.5, 0.6) is 0 Å². The first-order chi connectivity index (χ1) is 9.75. The largest absolute Gasteiger partial charge is 0.379 e. The maximum absolute atomic E-state index is 12.2. The van der Waals surface area contributed by atoms with Crippen LogP contribution < -0.4 is 5.32 Å². The van der Waals surface area contributed by atoms with Crippen molar-refractivity contribution in [2.75, 3.05) is 33.0 Å². The van der Waals surface area contributed by atoms with Gasteiger partial charge in [0.25, 0.3) is 0 Å². The van der Waals surface area contributed by atoms with Crippen LogP contribution in [-0.2, 0) is 14.3 Å². The van der Waals surface area contributed by atoms with E-state index in [0.29, 0.717) is 26.4 Å². The van der Waals surface area contributed by atoms with E-state index < -0.39 is 0 Å². The normalized spacial score (nSPS) is 12.5. The van der Waals surface area contributed by atoms with E-state index in [0.717, 1.165) is 25.9 Å². The van der Waals surface area contributed by atoms with E-state index in [4.69, 9.17) is 9.47 Å². The zero-order valence-corrected chi connectivity index (χ0v) is 14.9. The van der Waals surface area contributed by atoms with Gasteiger partial charge in [-0.05, 0) is 18.3 Å². The summed E-state index contributed by atoms with van der Waals surface area (Å²) in [6, 6.07) is 0. The van der Waals surface area contributed by atoms with Gasteiger partial charge in [-0.25, -0.2) is 0 Å². The zero-order chi connectivity index (χ0) is 16.4. The van der Waals surface area contributed by atoms with Gasteiger partial charge in [0.2, 0.25) is 5.91 Å². The van der Waals surface area contributed by atoms with Crippen LogP contribution in [-0.4, -0.2) is 38.9 Å². The molecule has 0 heterocycles. The third-order valence-electron chi connectivity index (χ3n) is 3.74. The van der Waals surface area contributed by atoms with Crippen molar-refractivity contribution in [3.8, 4) is 0 Å². The molecule has 0 radical (unpaired) electrons. The Kier molecular flexibility index (Phi) is 9.88. The Bertz CT molecular complexity index is 288. The fraction of sp³-hybridized carbons (Fsp3) is 0.941. The van der Waals surface area contributed by atoms with Crippen LogP contribution >= 0.6 is 0 Å². The van der Waals surface area contributed by atoms with Gasteiger partial charge in [-0.15, -0.1) is 0 Å². The highest BCUT2D eigenvalue weighted by molar-refractivity contribution is 5.81. The third kappa shape index (κ3) is 9.86. The van der Waals surface area contributed by atoms with Crippen molar-refractivity contribution >= 4 is 5.91 Å². The molecule has 0 aliphatic carbocycles. The summed E-state index contributed by atoms with van der Waals surface area (Å²) < 4.78 is 10.7. The maximum Gasteiger partial charge on any atom is 0.225 e. The molecule has 0 fully saturated rings. The molecule has 0 aliphatic heterocycles. The van der Waals surface area contributed by atoms with Crippen molar-refractivity contribution in [2.24, 2.45) is 10.8 Å². The summed E-state index contributed by atoms with van der Waals surface area (Å²) in [4.78, 5) is 12.2. The van der Waals surface area contributed by atoms with Gasteiger partial charge in [-0.2, -0.15) is 0 Å². The van der Waals surface area contributed by atoms with Crippen LogP contribution in [0.2, 0.25) is 0 Å². The second-order valence-electron chi connectivity index (χ2n) is 7.06. The van der Waals surface area contributed by atoms with Crippen molar-refractivity contribution < 1.29 is 14.3 Å². The molecule has 0 aromatic heterocycles. The first-order valence-corrected chi connectivity index (χ1v) is 8.19. The molecule has 0 bridgehead atoms. The average Bonchev–Trinajstić information content (AvgIpc) is 2.40. The Hall–Kier alpha value is -0.610. The van der Waals surface area contributed by atoms with Crippen molar-refractivity contribution in [3.63, 3.8) is 0 Å². The summed E-state index contributed by atoms with van der Waals surface area (Å²) in [7, 11) is 0. The zero-order valence-electron chi connectivity index (χ0n) is 14.9. The Morgan fingerprint density at radius 3 is 2.05 bits per heavy atom. The highest BCUT2D eigenvalue weighted by atomic mass is 16.5. The molecule has 0 rings (SSSR count). The molecular formula is C17H35NO3. The summed E-state index contributed by atoms with van der Waals surface area (Å²) in [6.07, 6.45) is 2.98. The lowest BCUT2D eigenvalue weighted by Crippen LogP contribution is -2.41. The number of ether oxygens (including phenoxy) is 2. The standard InChI is InChI=1S/C17H35NO3/c1-7-10-20-12-13-21-11-9-18-15(19)17(5,6)14-16(3,4)8-2/h7-14H2,1-6H3,(H,18,19). The highest BCUT2D eigenvalue weighted by Gasteiger charge is 2.33. The molecule has 4 heteroatoms. The third-order valence-corrected chi connectivity index (χ3v) is 3.74. The van der Waals surface area contributed by atoms with Crippen LogP contribution in [0.15, 0.2) is 0 Å². The van der Waals surface area contributed by atoms with E-state index >= 15 is 0 Å². The summed E-state index contributed by atoms with van der Waals surface area (Å²) in [5.74, 6) is 0.106. The minimum atomic E-state index is -0.344. The SMILES string of the molecule is CCCOCCOCCNC(=O)C(C)(C)CC(C)(C)CC. The van der Waals surface area contributed by atoms with Crippen LogP contribution in [0.4, 0.5) is 0 Å². The van der Waals surface area contributed by atoms with Gasteiger partial charge in [-0.1, -0.05) is 48.0 Å². The fourth-order valence-electron chi connectivity index (χ4n) is 2.34. The molecule has 21 heavy (non-hydrogen) atoms. The predicted octanol–water partition coefficient (Wildman–Crippen LogP) is 3.40. The van der Waals surface area contributed by atoms with Crippen molar-refractivity contribution in [1.29, 1.82) is 0 Å². The molecule has 0 aliphatic rings. The first kappa shape index (κ1) is 20.4. The molecule has 0 saturated carbocycles. The number of rotatable bonds is 12. The topological polar surface area (TPSA) is 47.6 Å². The smallest absolute Gasteiger partial charge is 0.225 e. The number of nitrogens with one attached hydrogen (secondary N) is 1.